The molecule has 2 heterocycles. The van der Waals surface area contributed by atoms with Gasteiger partial charge in [-0.2, -0.15) is 5.10 Å². The molecular formula is C17H21N5O2. The molecule has 0 bridgehead atoms. The maximum absolute atomic E-state index is 12.4. The molecule has 0 unspecified atom stereocenters. The molecular weight excluding hydrogens is 306 g/mol. The summed E-state index contributed by atoms with van der Waals surface area (Å²) in [4.78, 5) is 18.7. The number of hydrogen-bond donors (Lipinski definition) is 1. The highest BCUT2D eigenvalue weighted by molar-refractivity contribution is 5.72. The Morgan fingerprint density at radius 3 is 2.79 bits per heavy atom. The number of aliphatic hydroxyl groups excluding tert-OH is 1. The Balaban J connectivity index is 1.65. The van der Waals surface area contributed by atoms with E-state index in [0.29, 0.717) is 17.6 Å². The van der Waals surface area contributed by atoms with Crippen LogP contribution >= 0.6 is 0 Å². The van der Waals surface area contributed by atoms with Crippen molar-refractivity contribution >= 4 is 11.0 Å². The fourth-order valence-corrected chi connectivity index (χ4v) is 2.80. The third kappa shape index (κ3) is 3.52. The zero-order valence-electron chi connectivity index (χ0n) is 13.8. The van der Waals surface area contributed by atoms with Crippen LogP contribution in [0.15, 0.2) is 47.7 Å². The van der Waals surface area contributed by atoms with Crippen molar-refractivity contribution in [1.29, 1.82) is 0 Å². The predicted molar refractivity (Wildman–Crippen MR) is 91.6 cm³/mol. The predicted octanol–water partition coefficient (Wildman–Crippen LogP) is 0.623. The van der Waals surface area contributed by atoms with Gasteiger partial charge in [0.25, 0.3) is 5.56 Å². The van der Waals surface area contributed by atoms with Gasteiger partial charge in [-0.05, 0) is 12.6 Å². The number of nitrogens with zero attached hydrogens (tertiary/aromatic N) is 5. The topological polar surface area (TPSA) is 76.2 Å². The fourth-order valence-electron chi connectivity index (χ4n) is 2.80. The number of likely N-dealkylation sites (N-methyl/N-ethyl adjacent to an activating group) is 1. The minimum atomic E-state index is -0.660. The SMILES string of the molecule is CN(Cc1ccccc1)C[C@@H](O)Cn1cnc2c(cnn2C)c1=O. The highest BCUT2D eigenvalue weighted by Gasteiger charge is 2.13. The van der Waals surface area contributed by atoms with E-state index in [0.717, 1.165) is 6.54 Å². The molecule has 0 saturated carbocycles. The van der Waals surface area contributed by atoms with Crippen molar-refractivity contribution < 1.29 is 5.11 Å². The molecule has 0 aliphatic heterocycles. The van der Waals surface area contributed by atoms with Crippen molar-refractivity contribution in [2.75, 3.05) is 13.6 Å². The average Bonchev–Trinajstić information content (AvgIpc) is 2.93. The average molecular weight is 327 g/mol. The van der Waals surface area contributed by atoms with E-state index < -0.39 is 6.10 Å². The minimum Gasteiger partial charge on any atom is -0.390 e. The lowest BCUT2D eigenvalue weighted by Gasteiger charge is -2.21. The second kappa shape index (κ2) is 6.94. The monoisotopic (exact) mass is 327 g/mol. The first-order valence-corrected chi connectivity index (χ1v) is 7.82. The van der Waals surface area contributed by atoms with Crippen LogP contribution in [0, 0.1) is 0 Å². The molecule has 0 aliphatic rings. The maximum Gasteiger partial charge on any atom is 0.264 e. The summed E-state index contributed by atoms with van der Waals surface area (Å²) in [6.45, 7) is 1.41. The van der Waals surface area contributed by atoms with Gasteiger partial charge in [-0.3, -0.25) is 18.9 Å². The maximum atomic E-state index is 12.4. The van der Waals surface area contributed by atoms with Gasteiger partial charge in [-0.15, -0.1) is 0 Å². The molecule has 7 heteroatoms. The highest BCUT2D eigenvalue weighted by atomic mass is 16.3. The van der Waals surface area contributed by atoms with E-state index in [2.05, 4.69) is 10.1 Å². The molecule has 0 radical (unpaired) electrons. The zero-order valence-corrected chi connectivity index (χ0v) is 13.8. The Morgan fingerprint density at radius 1 is 1.29 bits per heavy atom. The van der Waals surface area contributed by atoms with Crippen LogP contribution in [0.2, 0.25) is 0 Å². The van der Waals surface area contributed by atoms with Gasteiger partial charge in [0.2, 0.25) is 0 Å². The Bertz CT molecular complexity index is 872. The Hall–Kier alpha value is -2.51. The van der Waals surface area contributed by atoms with E-state index in [1.54, 1.807) is 11.7 Å². The van der Waals surface area contributed by atoms with E-state index in [1.807, 2.05) is 42.3 Å². The lowest BCUT2D eigenvalue weighted by atomic mass is 10.2. The van der Waals surface area contributed by atoms with Crippen molar-refractivity contribution in [2.24, 2.45) is 7.05 Å². The molecule has 0 fully saturated rings. The molecule has 1 aromatic carbocycles. The molecule has 1 atom stereocenters. The zero-order chi connectivity index (χ0) is 17.1. The van der Waals surface area contributed by atoms with Gasteiger partial charge in [0.1, 0.15) is 11.7 Å². The molecule has 2 aromatic heterocycles. The Morgan fingerprint density at radius 2 is 2.04 bits per heavy atom. The first-order valence-electron chi connectivity index (χ1n) is 7.82. The lowest BCUT2D eigenvalue weighted by Crippen LogP contribution is -2.34. The van der Waals surface area contributed by atoms with E-state index >= 15 is 0 Å². The largest absolute Gasteiger partial charge is 0.390 e. The molecule has 1 N–H and O–H groups in total. The fraction of sp³-hybridized carbons (Fsp3) is 0.353. The van der Waals surface area contributed by atoms with Gasteiger partial charge in [0, 0.05) is 20.1 Å². The van der Waals surface area contributed by atoms with E-state index in [1.165, 1.54) is 22.7 Å². The number of hydrogen-bond acceptors (Lipinski definition) is 5. The molecule has 3 rings (SSSR count). The summed E-state index contributed by atoms with van der Waals surface area (Å²) in [5.41, 5.74) is 1.55. The third-order valence-corrected chi connectivity index (χ3v) is 3.94. The number of fused-ring (bicyclic) bond motifs is 1. The van der Waals surface area contributed by atoms with Crippen molar-refractivity contribution in [3.8, 4) is 0 Å². The summed E-state index contributed by atoms with van der Waals surface area (Å²) in [6, 6.07) is 10.1. The van der Waals surface area contributed by atoms with Crippen LogP contribution < -0.4 is 5.56 Å². The second-order valence-electron chi connectivity index (χ2n) is 6.04. The van der Waals surface area contributed by atoms with Crippen molar-refractivity contribution in [3.05, 3.63) is 58.8 Å². The molecule has 7 nitrogen and oxygen atoms in total. The van der Waals surface area contributed by atoms with Crippen LogP contribution in [0.4, 0.5) is 0 Å². The van der Waals surface area contributed by atoms with E-state index in [9.17, 15) is 9.90 Å². The Kier molecular flexibility index (Phi) is 4.73. The number of rotatable bonds is 6. The summed E-state index contributed by atoms with van der Waals surface area (Å²) < 4.78 is 3.00. The van der Waals surface area contributed by atoms with Gasteiger partial charge in [0.05, 0.1) is 18.8 Å². The van der Waals surface area contributed by atoms with Crippen LogP contribution in [-0.2, 0) is 20.1 Å². The van der Waals surface area contributed by atoms with Crippen molar-refractivity contribution in [2.45, 2.75) is 19.2 Å². The minimum absolute atomic E-state index is 0.183. The van der Waals surface area contributed by atoms with Gasteiger partial charge in [-0.25, -0.2) is 4.98 Å². The van der Waals surface area contributed by atoms with Crippen molar-refractivity contribution in [3.63, 3.8) is 0 Å². The van der Waals surface area contributed by atoms with Crippen LogP contribution in [0.25, 0.3) is 11.0 Å². The Labute approximate surface area is 139 Å². The van der Waals surface area contributed by atoms with Gasteiger partial charge < -0.3 is 5.11 Å². The molecule has 0 spiro atoms. The van der Waals surface area contributed by atoms with Gasteiger partial charge in [-0.1, -0.05) is 30.3 Å². The van der Waals surface area contributed by atoms with Crippen LogP contribution in [0.3, 0.4) is 0 Å². The molecule has 3 aromatic rings. The van der Waals surface area contributed by atoms with Gasteiger partial charge in [0.15, 0.2) is 5.65 Å². The van der Waals surface area contributed by atoms with Crippen LogP contribution in [0.1, 0.15) is 5.56 Å². The second-order valence-corrected chi connectivity index (χ2v) is 6.04. The van der Waals surface area contributed by atoms with E-state index in [-0.39, 0.29) is 12.1 Å². The highest BCUT2D eigenvalue weighted by Crippen LogP contribution is 2.05. The normalized spacial score (nSPS) is 12.8. The quantitative estimate of drug-likeness (QED) is 0.718. The number of aromatic nitrogens is 4. The molecule has 24 heavy (non-hydrogen) atoms. The van der Waals surface area contributed by atoms with Crippen molar-refractivity contribution in [1.82, 2.24) is 24.2 Å². The first kappa shape index (κ1) is 16.4. The summed E-state index contributed by atoms with van der Waals surface area (Å²) >= 11 is 0. The van der Waals surface area contributed by atoms with Crippen LogP contribution in [0.5, 0.6) is 0 Å². The summed E-state index contributed by atoms with van der Waals surface area (Å²) in [5.74, 6) is 0. The van der Waals surface area contributed by atoms with Crippen LogP contribution in [-0.4, -0.2) is 49.0 Å². The molecule has 126 valence electrons. The summed E-state index contributed by atoms with van der Waals surface area (Å²) in [6.07, 6.45) is 2.31. The summed E-state index contributed by atoms with van der Waals surface area (Å²) in [7, 11) is 3.69. The van der Waals surface area contributed by atoms with E-state index in [4.69, 9.17) is 0 Å². The first-order chi connectivity index (χ1) is 11.5. The lowest BCUT2D eigenvalue weighted by molar-refractivity contribution is 0.106. The number of benzene rings is 1. The third-order valence-electron chi connectivity index (χ3n) is 3.94. The number of aryl methyl sites for hydroxylation is 1. The number of aliphatic hydroxyl groups is 1. The smallest absolute Gasteiger partial charge is 0.264 e. The standard InChI is InChI=1S/C17H21N5O2/c1-20(9-13-6-4-3-5-7-13)10-14(23)11-22-12-18-16-15(17(22)24)8-19-21(16)2/h3-8,12,14,23H,9-11H2,1-2H3/t14-/m1/s1. The molecule has 0 amide bonds. The van der Waals surface area contributed by atoms with Gasteiger partial charge >= 0.3 is 0 Å². The summed E-state index contributed by atoms with van der Waals surface area (Å²) in [5, 5.41) is 14.8. The molecule has 0 aliphatic carbocycles. The molecule has 0 saturated heterocycles.